The summed E-state index contributed by atoms with van der Waals surface area (Å²) in [6.45, 7) is 5.53. The van der Waals surface area contributed by atoms with Crippen LogP contribution in [0.1, 0.15) is 36.8 Å². The number of aromatic carboxylic acids is 1. The van der Waals surface area contributed by atoms with E-state index in [1.807, 2.05) is 13.8 Å². The van der Waals surface area contributed by atoms with E-state index in [-0.39, 0.29) is 23.4 Å². The van der Waals surface area contributed by atoms with Crippen LogP contribution in [0.2, 0.25) is 0 Å². The Bertz CT molecular complexity index is 580. The van der Waals surface area contributed by atoms with Crippen LogP contribution in [0.4, 0.5) is 0 Å². The molecule has 1 aliphatic heterocycles. The van der Waals surface area contributed by atoms with Gasteiger partial charge in [0.2, 0.25) is 0 Å². The predicted molar refractivity (Wildman–Crippen MR) is 69.1 cm³/mol. The highest BCUT2D eigenvalue weighted by Crippen LogP contribution is 2.27. The molecule has 6 nitrogen and oxygen atoms in total. The van der Waals surface area contributed by atoms with E-state index in [0.717, 1.165) is 0 Å². The molecule has 2 N–H and O–H groups in total. The van der Waals surface area contributed by atoms with Crippen LogP contribution in [-0.4, -0.2) is 33.3 Å². The number of hydrogen-bond acceptors (Lipinski definition) is 4. The SMILES string of the molecule is CC(C)C1(C)N=C(c2cccnc2C(=O)O)NC1=O. The van der Waals surface area contributed by atoms with Gasteiger partial charge in [0.15, 0.2) is 5.69 Å². The maximum absolute atomic E-state index is 12.0. The van der Waals surface area contributed by atoms with Crippen LogP contribution in [0, 0.1) is 5.92 Å². The third-order valence-electron chi connectivity index (χ3n) is 3.43. The minimum Gasteiger partial charge on any atom is -0.476 e. The molecule has 1 aromatic heterocycles. The van der Waals surface area contributed by atoms with Crippen LogP contribution >= 0.6 is 0 Å². The molecule has 1 aliphatic rings. The lowest BCUT2D eigenvalue weighted by Crippen LogP contribution is -2.41. The summed E-state index contributed by atoms with van der Waals surface area (Å²) >= 11 is 0. The number of aromatic nitrogens is 1. The molecule has 0 saturated carbocycles. The molecule has 0 saturated heterocycles. The Morgan fingerprint density at radius 1 is 1.47 bits per heavy atom. The fraction of sp³-hybridized carbons (Fsp3) is 0.385. The van der Waals surface area contributed by atoms with Crippen LogP contribution in [-0.2, 0) is 4.79 Å². The Labute approximate surface area is 110 Å². The lowest BCUT2D eigenvalue weighted by molar-refractivity contribution is -0.124. The average Bonchev–Trinajstić information content (AvgIpc) is 2.67. The molecule has 0 aromatic carbocycles. The number of nitrogens with one attached hydrogen (secondary N) is 1. The lowest BCUT2D eigenvalue weighted by Gasteiger charge is -2.21. The van der Waals surface area contributed by atoms with Gasteiger partial charge in [0, 0.05) is 6.20 Å². The van der Waals surface area contributed by atoms with E-state index in [1.54, 1.807) is 19.1 Å². The van der Waals surface area contributed by atoms with Crippen molar-refractivity contribution in [2.24, 2.45) is 10.9 Å². The highest BCUT2D eigenvalue weighted by molar-refractivity contribution is 6.17. The molecular formula is C13H15N3O3. The zero-order valence-electron chi connectivity index (χ0n) is 11.0. The number of carboxylic acids is 1. The van der Waals surface area contributed by atoms with Gasteiger partial charge in [-0.05, 0) is 25.0 Å². The summed E-state index contributed by atoms with van der Waals surface area (Å²) in [7, 11) is 0. The highest BCUT2D eigenvalue weighted by Gasteiger charge is 2.42. The Hall–Kier alpha value is -2.24. The molecule has 2 rings (SSSR count). The summed E-state index contributed by atoms with van der Waals surface area (Å²) < 4.78 is 0. The molecule has 1 unspecified atom stereocenters. The molecular weight excluding hydrogens is 246 g/mol. The molecule has 1 aromatic rings. The average molecular weight is 261 g/mol. The molecule has 0 spiro atoms. The highest BCUT2D eigenvalue weighted by atomic mass is 16.4. The smallest absolute Gasteiger partial charge is 0.355 e. The number of carboxylic acid groups (broad SMARTS) is 1. The summed E-state index contributed by atoms with van der Waals surface area (Å²) in [5.41, 5.74) is -0.664. The van der Waals surface area contributed by atoms with Gasteiger partial charge in [-0.1, -0.05) is 13.8 Å². The number of carbonyl (C=O) groups is 2. The number of rotatable bonds is 3. The first kappa shape index (κ1) is 13.2. The van der Waals surface area contributed by atoms with Crippen LogP contribution < -0.4 is 5.32 Å². The van der Waals surface area contributed by atoms with E-state index >= 15 is 0 Å². The Morgan fingerprint density at radius 3 is 2.68 bits per heavy atom. The van der Waals surface area contributed by atoms with E-state index < -0.39 is 11.5 Å². The number of amidine groups is 1. The number of pyridine rings is 1. The number of aliphatic imine (C=N–C) groups is 1. The maximum Gasteiger partial charge on any atom is 0.355 e. The molecule has 100 valence electrons. The van der Waals surface area contributed by atoms with E-state index in [4.69, 9.17) is 5.11 Å². The van der Waals surface area contributed by atoms with Crippen molar-refractivity contribution in [2.75, 3.05) is 0 Å². The van der Waals surface area contributed by atoms with Gasteiger partial charge in [0.1, 0.15) is 11.4 Å². The summed E-state index contributed by atoms with van der Waals surface area (Å²) in [5.74, 6) is -1.09. The summed E-state index contributed by atoms with van der Waals surface area (Å²) in [6.07, 6.45) is 1.39. The van der Waals surface area contributed by atoms with E-state index in [0.29, 0.717) is 5.56 Å². The fourth-order valence-electron chi connectivity index (χ4n) is 1.83. The van der Waals surface area contributed by atoms with Gasteiger partial charge in [0.25, 0.3) is 5.91 Å². The largest absolute Gasteiger partial charge is 0.476 e. The molecule has 0 fully saturated rings. The van der Waals surface area contributed by atoms with Crippen molar-refractivity contribution in [3.8, 4) is 0 Å². The minimum absolute atomic E-state index is 0.00921. The second-order valence-electron chi connectivity index (χ2n) is 4.92. The van der Waals surface area contributed by atoms with Gasteiger partial charge < -0.3 is 10.4 Å². The van der Waals surface area contributed by atoms with Crippen molar-refractivity contribution < 1.29 is 14.7 Å². The molecule has 0 radical (unpaired) electrons. The summed E-state index contributed by atoms with van der Waals surface area (Å²) in [6, 6.07) is 3.20. The number of carbonyl (C=O) groups excluding carboxylic acids is 1. The second kappa shape index (κ2) is 4.46. The predicted octanol–water partition coefficient (Wildman–Crippen LogP) is 1.07. The van der Waals surface area contributed by atoms with E-state index in [1.165, 1.54) is 6.20 Å². The zero-order valence-corrected chi connectivity index (χ0v) is 11.0. The van der Waals surface area contributed by atoms with Crippen LogP contribution in [0.3, 0.4) is 0 Å². The van der Waals surface area contributed by atoms with Crippen molar-refractivity contribution >= 4 is 17.7 Å². The van der Waals surface area contributed by atoms with Gasteiger partial charge in [-0.2, -0.15) is 0 Å². The van der Waals surface area contributed by atoms with Crippen molar-refractivity contribution in [3.05, 3.63) is 29.6 Å². The first-order valence-corrected chi connectivity index (χ1v) is 5.96. The fourth-order valence-corrected chi connectivity index (χ4v) is 1.83. The quantitative estimate of drug-likeness (QED) is 0.851. The van der Waals surface area contributed by atoms with Crippen LogP contribution in [0.5, 0.6) is 0 Å². The van der Waals surface area contributed by atoms with E-state index in [9.17, 15) is 9.59 Å². The second-order valence-corrected chi connectivity index (χ2v) is 4.92. The van der Waals surface area contributed by atoms with Gasteiger partial charge in [-0.3, -0.25) is 9.79 Å². The third-order valence-corrected chi connectivity index (χ3v) is 3.43. The normalized spacial score (nSPS) is 22.3. The van der Waals surface area contributed by atoms with Gasteiger partial charge in [-0.25, -0.2) is 9.78 Å². The maximum atomic E-state index is 12.0. The monoisotopic (exact) mass is 261 g/mol. The Morgan fingerprint density at radius 2 is 2.16 bits per heavy atom. The summed E-state index contributed by atoms with van der Waals surface area (Å²) in [5, 5.41) is 11.7. The van der Waals surface area contributed by atoms with Gasteiger partial charge in [0.05, 0.1) is 5.56 Å². The molecule has 1 amide bonds. The van der Waals surface area contributed by atoms with Gasteiger partial charge >= 0.3 is 5.97 Å². The molecule has 1 atom stereocenters. The number of hydrogen-bond donors (Lipinski definition) is 2. The van der Waals surface area contributed by atoms with Gasteiger partial charge in [-0.15, -0.1) is 0 Å². The molecule has 2 heterocycles. The third kappa shape index (κ3) is 2.09. The number of nitrogens with zero attached hydrogens (tertiary/aromatic N) is 2. The van der Waals surface area contributed by atoms with Crippen LogP contribution in [0.15, 0.2) is 23.3 Å². The standard InChI is InChI=1S/C13H15N3O3/c1-7(2)13(3)12(19)15-10(16-13)8-5-4-6-14-9(8)11(17)18/h4-7H,1-3H3,(H,17,18)(H,15,16,19). The molecule has 6 heteroatoms. The topological polar surface area (TPSA) is 91.7 Å². The van der Waals surface area contributed by atoms with Crippen molar-refractivity contribution in [2.45, 2.75) is 26.3 Å². The number of amides is 1. The summed E-state index contributed by atoms with van der Waals surface area (Å²) in [4.78, 5) is 31.3. The minimum atomic E-state index is -1.15. The van der Waals surface area contributed by atoms with Crippen molar-refractivity contribution in [1.29, 1.82) is 0 Å². The van der Waals surface area contributed by atoms with Crippen molar-refractivity contribution in [1.82, 2.24) is 10.3 Å². The Balaban J connectivity index is 2.51. The molecule has 0 aliphatic carbocycles. The zero-order chi connectivity index (χ0) is 14.2. The Kier molecular flexibility index (Phi) is 3.09. The first-order chi connectivity index (χ1) is 8.86. The van der Waals surface area contributed by atoms with Crippen molar-refractivity contribution in [3.63, 3.8) is 0 Å². The molecule has 19 heavy (non-hydrogen) atoms. The lowest BCUT2D eigenvalue weighted by atomic mass is 9.89. The van der Waals surface area contributed by atoms with E-state index in [2.05, 4.69) is 15.3 Å². The molecule has 0 bridgehead atoms. The van der Waals surface area contributed by atoms with Crippen LogP contribution in [0.25, 0.3) is 0 Å². The first-order valence-electron chi connectivity index (χ1n) is 5.96.